The number of hydrogen-bond donors (Lipinski definition) is 0. The van der Waals surface area contributed by atoms with Crippen LogP contribution in [0.1, 0.15) is 20.8 Å². The maximum Gasteiger partial charge on any atom is 0.155 e. The van der Waals surface area contributed by atoms with Crippen molar-refractivity contribution in [2.24, 2.45) is 5.92 Å². The number of ether oxygens (including phenoxy) is 1. The van der Waals surface area contributed by atoms with Gasteiger partial charge in [-0.1, -0.05) is 13.8 Å². The van der Waals surface area contributed by atoms with E-state index in [4.69, 9.17) is 4.74 Å². The normalized spacial score (nSPS) is 10.8. The van der Waals surface area contributed by atoms with Gasteiger partial charge in [-0.2, -0.15) is 0 Å². The van der Waals surface area contributed by atoms with Gasteiger partial charge in [0.15, 0.2) is 5.78 Å². The summed E-state index contributed by atoms with van der Waals surface area (Å²) in [4.78, 5) is 10.3. The Morgan fingerprint density at radius 2 is 2.20 bits per heavy atom. The summed E-state index contributed by atoms with van der Waals surface area (Å²) in [5.74, 6) is 0.528. The van der Waals surface area contributed by atoms with Crippen LogP contribution in [-0.4, -0.2) is 12.4 Å². The zero-order valence-electron chi connectivity index (χ0n) is 6.76. The van der Waals surface area contributed by atoms with Crippen molar-refractivity contribution in [1.29, 1.82) is 0 Å². The van der Waals surface area contributed by atoms with Crippen molar-refractivity contribution in [1.82, 2.24) is 0 Å². The van der Waals surface area contributed by atoms with Crippen molar-refractivity contribution in [2.45, 2.75) is 20.8 Å². The van der Waals surface area contributed by atoms with E-state index in [0.29, 0.717) is 12.5 Å². The predicted molar refractivity (Wildman–Crippen MR) is 40.6 cm³/mol. The summed E-state index contributed by atoms with van der Waals surface area (Å²) >= 11 is 0. The minimum Gasteiger partial charge on any atom is -0.501 e. The van der Waals surface area contributed by atoms with Crippen molar-refractivity contribution < 1.29 is 9.53 Å². The Bertz CT molecular complexity index is 125. The molecule has 0 unspecified atom stereocenters. The average molecular weight is 142 g/mol. The number of ketones is 1. The van der Waals surface area contributed by atoms with E-state index in [-0.39, 0.29) is 5.78 Å². The molecular weight excluding hydrogens is 128 g/mol. The number of allylic oxidation sites excluding steroid dienone is 1. The fourth-order valence-corrected chi connectivity index (χ4v) is 0.392. The van der Waals surface area contributed by atoms with Crippen molar-refractivity contribution in [2.75, 3.05) is 6.61 Å². The third-order valence-corrected chi connectivity index (χ3v) is 0.829. The number of rotatable bonds is 4. The van der Waals surface area contributed by atoms with Gasteiger partial charge in [0, 0.05) is 6.08 Å². The van der Waals surface area contributed by atoms with Gasteiger partial charge in [0.05, 0.1) is 12.9 Å². The molecular formula is C8H14O2. The topological polar surface area (TPSA) is 26.3 Å². The van der Waals surface area contributed by atoms with Gasteiger partial charge >= 0.3 is 0 Å². The Morgan fingerprint density at radius 3 is 2.60 bits per heavy atom. The van der Waals surface area contributed by atoms with Crippen molar-refractivity contribution in [3.63, 3.8) is 0 Å². The van der Waals surface area contributed by atoms with Crippen molar-refractivity contribution >= 4 is 5.78 Å². The minimum atomic E-state index is 0.0174. The van der Waals surface area contributed by atoms with Gasteiger partial charge < -0.3 is 4.74 Å². The van der Waals surface area contributed by atoms with Crippen LogP contribution in [0.4, 0.5) is 0 Å². The molecule has 0 atom stereocenters. The zero-order valence-corrected chi connectivity index (χ0v) is 6.76. The van der Waals surface area contributed by atoms with Gasteiger partial charge in [-0.3, -0.25) is 4.79 Å². The second-order valence-corrected chi connectivity index (χ2v) is 2.64. The van der Waals surface area contributed by atoms with Crippen molar-refractivity contribution in [3.05, 3.63) is 12.3 Å². The molecule has 10 heavy (non-hydrogen) atoms. The van der Waals surface area contributed by atoms with Crippen LogP contribution in [0, 0.1) is 5.92 Å². The molecule has 2 heteroatoms. The standard InChI is InChI=1S/C8H14O2/c1-7(2)6-10-5-4-8(3)9/h4-5,7H,6H2,1-3H3. The monoisotopic (exact) mass is 142 g/mol. The molecule has 0 aliphatic rings. The van der Waals surface area contributed by atoms with Crippen LogP contribution in [0.25, 0.3) is 0 Å². The largest absolute Gasteiger partial charge is 0.501 e. The molecule has 0 radical (unpaired) electrons. The molecule has 58 valence electrons. The summed E-state index contributed by atoms with van der Waals surface area (Å²) in [6, 6.07) is 0. The van der Waals surface area contributed by atoms with Crippen LogP contribution in [0.5, 0.6) is 0 Å². The third kappa shape index (κ3) is 7.21. The lowest BCUT2D eigenvalue weighted by atomic mass is 10.2. The molecule has 0 aromatic heterocycles. The maximum absolute atomic E-state index is 10.3. The van der Waals surface area contributed by atoms with Gasteiger partial charge in [-0.25, -0.2) is 0 Å². The molecule has 0 saturated carbocycles. The van der Waals surface area contributed by atoms with Crippen LogP contribution in [0.3, 0.4) is 0 Å². The Morgan fingerprint density at radius 1 is 1.60 bits per heavy atom. The molecule has 0 rings (SSSR count). The molecule has 0 aromatic carbocycles. The van der Waals surface area contributed by atoms with E-state index in [1.165, 1.54) is 19.3 Å². The molecule has 0 fully saturated rings. The molecule has 0 spiro atoms. The smallest absolute Gasteiger partial charge is 0.155 e. The molecule has 2 nitrogen and oxygen atoms in total. The van der Waals surface area contributed by atoms with Crippen LogP contribution < -0.4 is 0 Å². The van der Waals surface area contributed by atoms with Gasteiger partial charge in [0.2, 0.25) is 0 Å². The van der Waals surface area contributed by atoms with Crippen LogP contribution >= 0.6 is 0 Å². The summed E-state index contributed by atoms with van der Waals surface area (Å²) in [5.41, 5.74) is 0. The second-order valence-electron chi connectivity index (χ2n) is 2.64. The average Bonchev–Trinajstić information content (AvgIpc) is 1.79. The van der Waals surface area contributed by atoms with Crippen LogP contribution in [-0.2, 0) is 9.53 Å². The first kappa shape index (κ1) is 9.21. The lowest BCUT2D eigenvalue weighted by Crippen LogP contribution is -1.96. The third-order valence-electron chi connectivity index (χ3n) is 0.829. The molecule has 0 aliphatic heterocycles. The van der Waals surface area contributed by atoms with E-state index in [9.17, 15) is 4.79 Å². The van der Waals surface area contributed by atoms with E-state index in [2.05, 4.69) is 13.8 Å². The maximum atomic E-state index is 10.3. The van der Waals surface area contributed by atoms with E-state index in [1.807, 2.05) is 0 Å². The van der Waals surface area contributed by atoms with E-state index < -0.39 is 0 Å². The summed E-state index contributed by atoms with van der Waals surface area (Å²) in [7, 11) is 0. The van der Waals surface area contributed by atoms with E-state index in [0.717, 1.165) is 0 Å². The van der Waals surface area contributed by atoms with E-state index in [1.54, 1.807) is 0 Å². The highest BCUT2D eigenvalue weighted by molar-refractivity contribution is 5.86. The first-order valence-electron chi connectivity index (χ1n) is 3.41. The highest BCUT2D eigenvalue weighted by atomic mass is 16.5. The minimum absolute atomic E-state index is 0.0174. The number of hydrogen-bond acceptors (Lipinski definition) is 2. The molecule has 0 saturated heterocycles. The molecule has 0 aromatic rings. The molecule has 0 N–H and O–H groups in total. The number of carbonyl (C=O) groups excluding carboxylic acids is 1. The van der Waals surface area contributed by atoms with Gasteiger partial charge in [0.1, 0.15) is 0 Å². The Kier molecular flexibility index (Phi) is 4.63. The SMILES string of the molecule is CC(=O)C=COCC(C)C. The summed E-state index contributed by atoms with van der Waals surface area (Å²) < 4.78 is 5.00. The summed E-state index contributed by atoms with van der Waals surface area (Å²) in [5, 5.41) is 0. The van der Waals surface area contributed by atoms with Crippen molar-refractivity contribution in [3.8, 4) is 0 Å². The molecule has 0 aliphatic carbocycles. The van der Waals surface area contributed by atoms with Gasteiger partial charge in [-0.15, -0.1) is 0 Å². The highest BCUT2D eigenvalue weighted by Gasteiger charge is 1.89. The first-order valence-corrected chi connectivity index (χ1v) is 3.41. The fourth-order valence-electron chi connectivity index (χ4n) is 0.392. The fraction of sp³-hybridized carbons (Fsp3) is 0.625. The Balaban J connectivity index is 3.27. The summed E-state index contributed by atoms with van der Waals surface area (Å²) in [6.07, 6.45) is 2.87. The lowest BCUT2D eigenvalue weighted by Gasteiger charge is -2.01. The predicted octanol–water partition coefficient (Wildman–Crippen LogP) is 1.76. The van der Waals surface area contributed by atoms with Crippen LogP contribution in [0.15, 0.2) is 12.3 Å². The molecule has 0 amide bonds. The Labute approximate surface area is 61.9 Å². The quantitative estimate of drug-likeness (QED) is 0.441. The van der Waals surface area contributed by atoms with Gasteiger partial charge in [0.25, 0.3) is 0 Å². The van der Waals surface area contributed by atoms with E-state index >= 15 is 0 Å². The zero-order chi connectivity index (χ0) is 7.98. The first-order chi connectivity index (χ1) is 4.63. The molecule has 0 heterocycles. The highest BCUT2D eigenvalue weighted by Crippen LogP contribution is 1.92. The van der Waals surface area contributed by atoms with Crippen LogP contribution in [0.2, 0.25) is 0 Å². The summed E-state index contributed by atoms with van der Waals surface area (Å²) in [6.45, 7) is 6.28. The lowest BCUT2D eigenvalue weighted by molar-refractivity contribution is -0.112. The number of carbonyl (C=O) groups is 1. The molecule has 0 bridgehead atoms. The second kappa shape index (κ2) is 5.03. The van der Waals surface area contributed by atoms with Gasteiger partial charge in [-0.05, 0) is 12.8 Å². The Hall–Kier alpha value is -0.790.